The maximum atomic E-state index is 13.0. The Labute approximate surface area is 178 Å². The largest absolute Gasteiger partial charge is 0.478 e. The lowest BCUT2D eigenvalue weighted by Gasteiger charge is -2.29. The van der Waals surface area contributed by atoms with Gasteiger partial charge in [0.2, 0.25) is 0 Å². The van der Waals surface area contributed by atoms with E-state index in [9.17, 15) is 14.7 Å². The van der Waals surface area contributed by atoms with Crippen LogP contribution < -0.4 is 4.90 Å². The van der Waals surface area contributed by atoms with Crippen molar-refractivity contribution in [2.45, 2.75) is 10.8 Å². The SMILES string of the molecule is O=C(O)c1ccc2c(c1)N(C(=O)OCC1c3ccccc3-c3ccccc31)CCS2. The first-order valence-electron chi connectivity index (χ1n) is 9.76. The van der Waals surface area contributed by atoms with Gasteiger partial charge in [0.1, 0.15) is 6.61 Å². The number of amides is 1. The topological polar surface area (TPSA) is 66.8 Å². The Balaban J connectivity index is 1.39. The molecule has 2 aliphatic rings. The van der Waals surface area contributed by atoms with Crippen LogP contribution in [0.1, 0.15) is 27.4 Å². The summed E-state index contributed by atoms with van der Waals surface area (Å²) in [7, 11) is 0. The van der Waals surface area contributed by atoms with E-state index in [4.69, 9.17) is 4.74 Å². The summed E-state index contributed by atoms with van der Waals surface area (Å²) in [6, 6.07) is 21.3. The molecule has 6 heteroatoms. The van der Waals surface area contributed by atoms with Gasteiger partial charge in [-0.3, -0.25) is 4.90 Å². The molecule has 30 heavy (non-hydrogen) atoms. The van der Waals surface area contributed by atoms with Gasteiger partial charge >= 0.3 is 12.1 Å². The van der Waals surface area contributed by atoms with Gasteiger partial charge in [-0.2, -0.15) is 0 Å². The monoisotopic (exact) mass is 417 g/mol. The number of fused-ring (bicyclic) bond motifs is 4. The van der Waals surface area contributed by atoms with Gasteiger partial charge in [-0.1, -0.05) is 48.5 Å². The van der Waals surface area contributed by atoms with Crippen LogP contribution in [-0.4, -0.2) is 36.1 Å². The van der Waals surface area contributed by atoms with Gasteiger partial charge in [0.15, 0.2) is 0 Å². The Morgan fingerprint density at radius 1 is 1.00 bits per heavy atom. The van der Waals surface area contributed by atoms with Gasteiger partial charge in [-0.15, -0.1) is 11.8 Å². The molecule has 150 valence electrons. The number of carbonyl (C=O) groups is 2. The third-order valence-electron chi connectivity index (χ3n) is 5.63. The second-order valence-corrected chi connectivity index (χ2v) is 8.43. The molecule has 5 nitrogen and oxygen atoms in total. The number of rotatable bonds is 3. The summed E-state index contributed by atoms with van der Waals surface area (Å²) < 4.78 is 5.77. The molecule has 1 heterocycles. The molecule has 0 fully saturated rings. The van der Waals surface area contributed by atoms with Crippen LogP contribution in [0.5, 0.6) is 0 Å². The molecular weight excluding hydrogens is 398 g/mol. The summed E-state index contributed by atoms with van der Waals surface area (Å²) in [6.07, 6.45) is -0.444. The maximum absolute atomic E-state index is 13.0. The highest BCUT2D eigenvalue weighted by molar-refractivity contribution is 7.99. The zero-order chi connectivity index (χ0) is 20.7. The molecule has 0 atom stereocenters. The molecule has 3 aromatic carbocycles. The Kier molecular flexibility index (Phi) is 4.71. The van der Waals surface area contributed by atoms with Crippen molar-refractivity contribution in [3.63, 3.8) is 0 Å². The van der Waals surface area contributed by atoms with Crippen molar-refractivity contribution < 1.29 is 19.4 Å². The lowest BCUT2D eigenvalue weighted by molar-refractivity contribution is 0.0696. The molecule has 0 radical (unpaired) electrons. The second kappa shape index (κ2) is 7.54. The van der Waals surface area contributed by atoms with Crippen LogP contribution in [0.15, 0.2) is 71.6 Å². The van der Waals surface area contributed by atoms with Crippen LogP contribution in [0.3, 0.4) is 0 Å². The first-order valence-corrected chi connectivity index (χ1v) is 10.7. The third kappa shape index (κ3) is 3.13. The van der Waals surface area contributed by atoms with E-state index in [0.29, 0.717) is 12.2 Å². The number of hydrogen-bond acceptors (Lipinski definition) is 4. The minimum Gasteiger partial charge on any atom is -0.478 e. The molecule has 0 unspecified atom stereocenters. The number of aromatic carboxylic acids is 1. The van der Waals surface area contributed by atoms with Gasteiger partial charge in [-0.25, -0.2) is 9.59 Å². The number of carboxylic acid groups (broad SMARTS) is 1. The first-order chi connectivity index (χ1) is 14.6. The van der Waals surface area contributed by atoms with Gasteiger partial charge in [0.05, 0.1) is 11.3 Å². The van der Waals surface area contributed by atoms with Crippen molar-refractivity contribution in [2.24, 2.45) is 0 Å². The first kappa shape index (κ1) is 18.8. The van der Waals surface area contributed by atoms with E-state index in [1.54, 1.807) is 34.9 Å². The van der Waals surface area contributed by atoms with Gasteiger partial charge in [0, 0.05) is 23.1 Å². The second-order valence-electron chi connectivity index (χ2n) is 7.29. The number of thioether (sulfide) groups is 1. The number of carbonyl (C=O) groups excluding carboxylic acids is 1. The fraction of sp³-hybridized carbons (Fsp3) is 0.167. The molecule has 1 N–H and O–H groups in total. The van der Waals surface area contributed by atoms with Crippen LogP contribution in [0, 0.1) is 0 Å². The number of ether oxygens (including phenoxy) is 1. The van der Waals surface area contributed by atoms with E-state index in [1.807, 2.05) is 24.3 Å². The van der Waals surface area contributed by atoms with Crippen LogP contribution in [0.25, 0.3) is 11.1 Å². The molecule has 0 aromatic heterocycles. The molecule has 1 amide bonds. The molecule has 1 aliphatic heterocycles. The van der Waals surface area contributed by atoms with E-state index >= 15 is 0 Å². The Morgan fingerprint density at radius 3 is 2.33 bits per heavy atom. The zero-order valence-corrected chi connectivity index (χ0v) is 16.9. The number of benzene rings is 3. The predicted molar refractivity (Wildman–Crippen MR) is 117 cm³/mol. The summed E-state index contributed by atoms with van der Waals surface area (Å²) in [5.74, 6) is -0.282. The summed E-state index contributed by atoms with van der Waals surface area (Å²) in [5.41, 5.74) is 5.44. The van der Waals surface area contributed by atoms with Gasteiger partial charge in [0.25, 0.3) is 0 Å². The quantitative estimate of drug-likeness (QED) is 0.631. The van der Waals surface area contributed by atoms with E-state index in [1.165, 1.54) is 11.1 Å². The van der Waals surface area contributed by atoms with Crippen molar-refractivity contribution in [3.05, 3.63) is 83.4 Å². The van der Waals surface area contributed by atoms with Crippen molar-refractivity contribution in [2.75, 3.05) is 23.8 Å². The smallest absolute Gasteiger partial charge is 0.414 e. The number of hydrogen-bond donors (Lipinski definition) is 1. The van der Waals surface area contributed by atoms with E-state index < -0.39 is 12.1 Å². The van der Waals surface area contributed by atoms with Crippen molar-refractivity contribution in [1.82, 2.24) is 0 Å². The summed E-state index contributed by atoms with van der Waals surface area (Å²) in [5, 5.41) is 9.30. The minimum atomic E-state index is -1.01. The maximum Gasteiger partial charge on any atom is 0.414 e. The van der Waals surface area contributed by atoms with E-state index in [-0.39, 0.29) is 18.1 Å². The Bertz CT molecular complexity index is 1110. The van der Waals surface area contributed by atoms with Crippen LogP contribution in [0.2, 0.25) is 0 Å². The highest BCUT2D eigenvalue weighted by Gasteiger charge is 2.31. The fourth-order valence-corrected chi connectivity index (χ4v) is 5.19. The predicted octanol–water partition coefficient (Wildman–Crippen LogP) is 5.25. The van der Waals surface area contributed by atoms with Crippen molar-refractivity contribution >= 4 is 29.5 Å². The van der Waals surface area contributed by atoms with Crippen LogP contribution >= 0.6 is 11.8 Å². The Hall–Kier alpha value is -3.25. The molecule has 1 aliphatic carbocycles. The average Bonchev–Trinajstić information content (AvgIpc) is 3.10. The number of carboxylic acids is 1. The molecule has 0 saturated heterocycles. The number of nitrogens with zero attached hydrogens (tertiary/aromatic N) is 1. The zero-order valence-electron chi connectivity index (χ0n) is 16.1. The lowest BCUT2D eigenvalue weighted by atomic mass is 9.98. The third-order valence-corrected chi connectivity index (χ3v) is 6.67. The highest BCUT2D eigenvalue weighted by Crippen LogP contribution is 2.44. The summed E-state index contributed by atoms with van der Waals surface area (Å²) in [6.45, 7) is 0.724. The molecular formula is C24H19NO4S. The summed E-state index contributed by atoms with van der Waals surface area (Å²) in [4.78, 5) is 26.8. The van der Waals surface area contributed by atoms with Crippen LogP contribution in [0.4, 0.5) is 10.5 Å². The fourth-order valence-electron chi connectivity index (χ4n) is 4.21. The standard InChI is InChI=1S/C24H19NO4S/c26-23(27)15-9-10-22-21(13-15)25(11-12-30-22)24(28)29-14-20-18-7-3-1-5-16(18)17-6-2-4-8-19(17)20/h1-10,13,20H,11-12,14H2,(H,26,27). The average molecular weight is 417 g/mol. The lowest BCUT2D eigenvalue weighted by Crippen LogP contribution is -2.36. The normalized spacial score (nSPS) is 14.6. The molecule has 0 bridgehead atoms. The molecule has 5 rings (SSSR count). The van der Waals surface area contributed by atoms with Crippen molar-refractivity contribution in [3.8, 4) is 11.1 Å². The van der Waals surface area contributed by atoms with Gasteiger partial charge in [-0.05, 0) is 40.5 Å². The van der Waals surface area contributed by atoms with E-state index in [2.05, 4.69) is 24.3 Å². The van der Waals surface area contributed by atoms with E-state index in [0.717, 1.165) is 21.8 Å². The highest BCUT2D eigenvalue weighted by atomic mass is 32.2. The molecule has 0 spiro atoms. The minimum absolute atomic E-state index is 0.00894. The molecule has 3 aromatic rings. The Morgan fingerprint density at radius 2 is 1.67 bits per heavy atom. The van der Waals surface area contributed by atoms with Crippen LogP contribution in [-0.2, 0) is 4.74 Å². The van der Waals surface area contributed by atoms with Gasteiger partial charge < -0.3 is 9.84 Å². The molecule has 0 saturated carbocycles. The number of anilines is 1. The summed E-state index contributed by atoms with van der Waals surface area (Å²) >= 11 is 1.61. The van der Waals surface area contributed by atoms with Crippen molar-refractivity contribution in [1.29, 1.82) is 0 Å².